The molecule has 6 heteroatoms. The summed E-state index contributed by atoms with van der Waals surface area (Å²) >= 11 is 0. The molecule has 19 heavy (non-hydrogen) atoms. The lowest BCUT2D eigenvalue weighted by Gasteiger charge is -2.10. The Balaban J connectivity index is 2.52. The van der Waals surface area contributed by atoms with Gasteiger partial charge in [0.05, 0.1) is 18.5 Å². The number of rotatable bonds is 8. The molecule has 2 N–H and O–H groups in total. The van der Waals surface area contributed by atoms with Gasteiger partial charge in [0.25, 0.3) is 0 Å². The van der Waals surface area contributed by atoms with Crippen molar-refractivity contribution >= 4 is 15.7 Å². The molecule has 0 fully saturated rings. The first-order valence-corrected chi connectivity index (χ1v) is 7.90. The molecule has 1 aromatic rings. The molecule has 0 spiro atoms. The highest BCUT2D eigenvalue weighted by atomic mass is 32.2. The van der Waals surface area contributed by atoms with Crippen molar-refractivity contribution in [3.05, 3.63) is 29.8 Å². The fourth-order valence-electron chi connectivity index (χ4n) is 1.49. The molecule has 0 unspecified atom stereocenters. The molecule has 0 saturated heterocycles. The summed E-state index contributed by atoms with van der Waals surface area (Å²) in [4.78, 5) is 0. The molecule has 0 aromatic heterocycles. The van der Waals surface area contributed by atoms with E-state index in [0.717, 1.165) is 5.56 Å². The van der Waals surface area contributed by atoms with Gasteiger partial charge in [-0.3, -0.25) is 4.72 Å². The summed E-state index contributed by atoms with van der Waals surface area (Å²) in [5.74, 6) is -0.0659. The molecule has 0 atom stereocenters. The third-order valence-corrected chi connectivity index (χ3v) is 3.68. The topological polar surface area (TPSA) is 75.6 Å². The number of sulfonamides is 1. The quantitative estimate of drug-likeness (QED) is 0.757. The van der Waals surface area contributed by atoms with Gasteiger partial charge >= 0.3 is 0 Å². The molecule has 0 aliphatic carbocycles. The summed E-state index contributed by atoms with van der Waals surface area (Å²) < 4.78 is 31.2. The second kappa shape index (κ2) is 7.47. The van der Waals surface area contributed by atoms with E-state index in [-0.39, 0.29) is 25.1 Å². The van der Waals surface area contributed by atoms with E-state index < -0.39 is 10.0 Å². The zero-order chi connectivity index (χ0) is 14.3. The molecule has 0 amide bonds. The first-order chi connectivity index (χ1) is 8.93. The monoisotopic (exact) mass is 287 g/mol. The van der Waals surface area contributed by atoms with Crippen molar-refractivity contribution in [2.24, 2.45) is 0 Å². The lowest BCUT2D eigenvalue weighted by molar-refractivity contribution is 0.0913. The van der Waals surface area contributed by atoms with Crippen LogP contribution in [-0.4, -0.2) is 38.6 Å². The average molecular weight is 287 g/mol. The maximum absolute atomic E-state index is 11.8. The summed E-state index contributed by atoms with van der Waals surface area (Å²) in [6.07, 6.45) is 0.586. The predicted octanol–water partition coefficient (Wildman–Crippen LogP) is 1.39. The van der Waals surface area contributed by atoms with E-state index in [4.69, 9.17) is 9.84 Å². The molecule has 0 radical (unpaired) electrons. The van der Waals surface area contributed by atoms with Crippen molar-refractivity contribution in [3.8, 4) is 0 Å². The van der Waals surface area contributed by atoms with Gasteiger partial charge in [-0.15, -0.1) is 0 Å². The van der Waals surface area contributed by atoms with Crippen LogP contribution in [0.3, 0.4) is 0 Å². The Morgan fingerprint density at radius 1 is 1.26 bits per heavy atom. The van der Waals surface area contributed by atoms with Gasteiger partial charge in [-0.25, -0.2) is 8.42 Å². The molecule has 0 heterocycles. The third kappa shape index (κ3) is 6.56. The number of hydrogen-bond donors (Lipinski definition) is 2. The minimum absolute atomic E-state index is 0.0213. The fraction of sp³-hybridized carbons (Fsp3) is 0.538. The van der Waals surface area contributed by atoms with Crippen molar-refractivity contribution in [2.75, 3.05) is 23.7 Å². The van der Waals surface area contributed by atoms with Crippen LogP contribution >= 0.6 is 0 Å². The highest BCUT2D eigenvalue weighted by Gasteiger charge is 2.10. The van der Waals surface area contributed by atoms with Crippen molar-refractivity contribution in [3.63, 3.8) is 0 Å². The van der Waals surface area contributed by atoms with Crippen LogP contribution in [0.5, 0.6) is 0 Å². The molecule has 108 valence electrons. The number of nitrogens with one attached hydrogen (secondary N) is 1. The zero-order valence-electron chi connectivity index (χ0n) is 11.3. The van der Waals surface area contributed by atoms with Gasteiger partial charge in [0.1, 0.15) is 0 Å². The Morgan fingerprint density at radius 2 is 1.89 bits per heavy atom. The number of anilines is 1. The standard InChI is InChI=1S/C13H21NO4S/c1-11(2)18-9-10-19(16,17)14-13-5-3-12(4-6-13)7-8-15/h3-6,11,14-15H,7-10H2,1-2H3. The number of hydrogen-bond acceptors (Lipinski definition) is 4. The maximum atomic E-state index is 11.8. The van der Waals surface area contributed by atoms with Gasteiger partial charge < -0.3 is 9.84 Å². The van der Waals surface area contributed by atoms with E-state index in [9.17, 15) is 8.42 Å². The van der Waals surface area contributed by atoms with Gasteiger partial charge in [0, 0.05) is 12.3 Å². The van der Waals surface area contributed by atoms with Gasteiger partial charge in [0.15, 0.2) is 0 Å². The van der Waals surface area contributed by atoms with E-state index >= 15 is 0 Å². The first-order valence-electron chi connectivity index (χ1n) is 6.25. The first kappa shape index (κ1) is 15.9. The summed E-state index contributed by atoms with van der Waals surface area (Å²) in [5, 5.41) is 8.79. The Bertz CT molecular complexity index is 468. The number of ether oxygens (including phenoxy) is 1. The normalized spacial score (nSPS) is 11.8. The van der Waals surface area contributed by atoms with Crippen LogP contribution in [-0.2, 0) is 21.2 Å². The Hall–Kier alpha value is -1.11. The Kier molecular flexibility index (Phi) is 6.27. The predicted molar refractivity (Wildman–Crippen MR) is 75.7 cm³/mol. The summed E-state index contributed by atoms with van der Waals surface area (Å²) in [5.41, 5.74) is 1.49. The largest absolute Gasteiger partial charge is 0.396 e. The average Bonchev–Trinajstić information content (AvgIpc) is 2.31. The lowest BCUT2D eigenvalue weighted by Crippen LogP contribution is -2.21. The van der Waals surface area contributed by atoms with Gasteiger partial charge in [-0.05, 0) is 38.0 Å². The van der Waals surface area contributed by atoms with Gasteiger partial charge in [-0.2, -0.15) is 0 Å². The van der Waals surface area contributed by atoms with Crippen LogP contribution in [0.4, 0.5) is 5.69 Å². The molecule has 0 bridgehead atoms. The van der Waals surface area contributed by atoms with E-state index in [0.29, 0.717) is 12.1 Å². The second-order valence-electron chi connectivity index (χ2n) is 4.51. The van der Waals surface area contributed by atoms with Crippen molar-refractivity contribution in [1.29, 1.82) is 0 Å². The Morgan fingerprint density at radius 3 is 2.42 bits per heavy atom. The van der Waals surface area contributed by atoms with E-state index in [1.807, 2.05) is 13.8 Å². The van der Waals surface area contributed by atoms with Crippen LogP contribution in [0.2, 0.25) is 0 Å². The highest BCUT2D eigenvalue weighted by Crippen LogP contribution is 2.12. The third-order valence-electron chi connectivity index (χ3n) is 2.43. The van der Waals surface area contributed by atoms with Crippen LogP contribution in [0.15, 0.2) is 24.3 Å². The summed E-state index contributed by atoms with van der Waals surface area (Å²) in [6, 6.07) is 6.95. The molecule has 1 aromatic carbocycles. The smallest absolute Gasteiger partial charge is 0.234 e. The molecule has 0 saturated carbocycles. The van der Waals surface area contributed by atoms with Crippen LogP contribution in [0.25, 0.3) is 0 Å². The molecule has 1 rings (SSSR count). The van der Waals surface area contributed by atoms with Crippen molar-refractivity contribution in [1.82, 2.24) is 0 Å². The molecular weight excluding hydrogens is 266 g/mol. The summed E-state index contributed by atoms with van der Waals surface area (Å²) in [6.45, 7) is 3.98. The maximum Gasteiger partial charge on any atom is 0.234 e. The van der Waals surface area contributed by atoms with Crippen molar-refractivity contribution in [2.45, 2.75) is 26.4 Å². The van der Waals surface area contributed by atoms with Gasteiger partial charge in [-0.1, -0.05) is 12.1 Å². The molecular formula is C13H21NO4S. The Labute approximate surface area is 114 Å². The fourth-order valence-corrected chi connectivity index (χ4v) is 2.41. The minimum Gasteiger partial charge on any atom is -0.396 e. The van der Waals surface area contributed by atoms with Gasteiger partial charge in [0.2, 0.25) is 10.0 Å². The van der Waals surface area contributed by atoms with E-state index in [1.165, 1.54) is 0 Å². The van der Waals surface area contributed by atoms with Crippen LogP contribution in [0.1, 0.15) is 19.4 Å². The molecule has 5 nitrogen and oxygen atoms in total. The second-order valence-corrected chi connectivity index (χ2v) is 6.35. The summed E-state index contributed by atoms with van der Waals surface area (Å²) in [7, 11) is -3.38. The molecule has 0 aliphatic heterocycles. The minimum atomic E-state index is -3.38. The number of aliphatic hydroxyl groups is 1. The number of aliphatic hydroxyl groups excluding tert-OH is 1. The number of benzene rings is 1. The highest BCUT2D eigenvalue weighted by molar-refractivity contribution is 7.92. The van der Waals surface area contributed by atoms with E-state index in [2.05, 4.69) is 4.72 Å². The lowest BCUT2D eigenvalue weighted by atomic mass is 10.1. The van der Waals surface area contributed by atoms with Crippen LogP contribution < -0.4 is 4.72 Å². The molecule has 0 aliphatic rings. The SMILES string of the molecule is CC(C)OCCS(=O)(=O)Nc1ccc(CCO)cc1. The van der Waals surface area contributed by atoms with Crippen LogP contribution in [0, 0.1) is 0 Å². The van der Waals surface area contributed by atoms with Crippen molar-refractivity contribution < 1.29 is 18.3 Å². The van der Waals surface area contributed by atoms with E-state index in [1.54, 1.807) is 24.3 Å². The zero-order valence-corrected chi connectivity index (χ0v) is 12.1.